The highest BCUT2D eigenvalue weighted by molar-refractivity contribution is 5.77. The molecule has 30 heavy (non-hydrogen) atoms. The third-order valence-corrected chi connectivity index (χ3v) is 3.84. The molecule has 0 heterocycles. The Kier molecular flexibility index (Phi) is 17.8. The maximum atomic E-state index is 11.6. The highest BCUT2D eigenvalue weighted by Gasteiger charge is 2.08. The van der Waals surface area contributed by atoms with Gasteiger partial charge in [0.05, 0.1) is 52.0 Å². The van der Waals surface area contributed by atoms with E-state index in [9.17, 15) is 14.7 Å². The van der Waals surface area contributed by atoms with E-state index in [0.29, 0.717) is 65.6 Å². The summed E-state index contributed by atoms with van der Waals surface area (Å²) in [7, 11) is 0. The smallest absolute Gasteiger partial charge is 0.246 e. The van der Waals surface area contributed by atoms with Gasteiger partial charge in [0.1, 0.15) is 6.61 Å². The number of amides is 2. The summed E-state index contributed by atoms with van der Waals surface area (Å²) in [5.41, 5.74) is 0.964. The van der Waals surface area contributed by atoms with Crippen molar-refractivity contribution in [2.24, 2.45) is 5.92 Å². The molecule has 0 bridgehead atoms. The molecule has 0 spiro atoms. The second-order valence-corrected chi connectivity index (χ2v) is 6.92. The monoisotopic (exact) mass is 430 g/mol. The van der Waals surface area contributed by atoms with Gasteiger partial charge in [-0.25, -0.2) is 0 Å². The summed E-state index contributed by atoms with van der Waals surface area (Å²) in [5, 5.41) is 14.6. The average Bonchev–Trinajstić information content (AvgIpc) is 2.69. The van der Waals surface area contributed by atoms with E-state index in [0.717, 1.165) is 5.57 Å². The van der Waals surface area contributed by atoms with Crippen molar-refractivity contribution in [3.8, 4) is 0 Å². The van der Waals surface area contributed by atoms with Crippen LogP contribution >= 0.6 is 0 Å². The number of aliphatic hydroxyl groups excluding tert-OH is 1. The lowest BCUT2D eigenvalue weighted by molar-refractivity contribution is -0.126. The molecule has 0 aromatic carbocycles. The van der Waals surface area contributed by atoms with Gasteiger partial charge >= 0.3 is 0 Å². The molecule has 0 saturated heterocycles. The van der Waals surface area contributed by atoms with Crippen LogP contribution in [0, 0.1) is 5.92 Å². The summed E-state index contributed by atoms with van der Waals surface area (Å²) >= 11 is 0. The Morgan fingerprint density at radius 3 is 1.87 bits per heavy atom. The number of aliphatic hydroxyl groups is 1. The van der Waals surface area contributed by atoms with Crippen molar-refractivity contribution in [2.75, 3.05) is 65.9 Å². The minimum atomic E-state index is -0.218. The van der Waals surface area contributed by atoms with Crippen LogP contribution in [0.3, 0.4) is 0 Å². The predicted molar refractivity (Wildman–Crippen MR) is 114 cm³/mol. The number of nitrogens with one attached hydrogen (secondary N) is 2. The van der Waals surface area contributed by atoms with Crippen LogP contribution in [-0.4, -0.2) is 82.9 Å². The number of allylic oxidation sites excluding steroid dienone is 1. The van der Waals surface area contributed by atoms with Crippen LogP contribution in [0.15, 0.2) is 24.5 Å². The molecule has 0 rings (SSSR count). The third-order valence-electron chi connectivity index (χ3n) is 3.84. The van der Waals surface area contributed by atoms with E-state index in [1.165, 1.54) is 0 Å². The molecule has 0 saturated carbocycles. The first-order chi connectivity index (χ1) is 14.3. The fourth-order valence-electron chi connectivity index (χ4n) is 2.03. The first-order valence-electron chi connectivity index (χ1n) is 10.2. The maximum Gasteiger partial charge on any atom is 0.246 e. The van der Waals surface area contributed by atoms with Gasteiger partial charge in [0, 0.05) is 25.4 Å². The molecule has 0 unspecified atom stereocenters. The Bertz CT molecular complexity index is 512. The SMILES string of the molecule is C=C(C)COCCOCCNC(=O)COCCOCCNC(=O)CC[C@H](C)C(=C)O. The van der Waals surface area contributed by atoms with Crippen molar-refractivity contribution in [3.05, 3.63) is 24.5 Å². The molecule has 0 aromatic heterocycles. The van der Waals surface area contributed by atoms with Gasteiger partial charge in [0.25, 0.3) is 0 Å². The molecule has 1 atom stereocenters. The van der Waals surface area contributed by atoms with Crippen molar-refractivity contribution < 1.29 is 33.6 Å². The van der Waals surface area contributed by atoms with Crippen molar-refractivity contribution in [1.29, 1.82) is 0 Å². The van der Waals surface area contributed by atoms with Crippen molar-refractivity contribution >= 4 is 11.8 Å². The Hall–Kier alpha value is -1.94. The summed E-state index contributed by atoms with van der Waals surface area (Å²) in [4.78, 5) is 23.2. The van der Waals surface area contributed by atoms with Gasteiger partial charge in [0.15, 0.2) is 0 Å². The van der Waals surface area contributed by atoms with E-state index in [1.54, 1.807) is 0 Å². The molecule has 0 fully saturated rings. The standard InChI is InChI=1S/C21H38N2O7/c1-17(2)15-29-13-11-28-10-8-23-21(26)16-30-14-12-27-9-7-22-20(25)6-5-18(3)19(4)24/h18,24H,1,4-16H2,2-3H3,(H,22,25)(H,23,26)/t18-/m0/s1. The number of rotatable bonds is 20. The third kappa shape index (κ3) is 19.4. The van der Waals surface area contributed by atoms with Crippen LogP contribution in [0.1, 0.15) is 26.7 Å². The lowest BCUT2D eigenvalue weighted by Gasteiger charge is -2.10. The zero-order valence-electron chi connectivity index (χ0n) is 18.4. The summed E-state index contributed by atoms with van der Waals surface area (Å²) < 4.78 is 21.2. The normalized spacial score (nSPS) is 11.7. The number of ether oxygens (including phenoxy) is 4. The Morgan fingerprint density at radius 2 is 1.33 bits per heavy atom. The minimum absolute atomic E-state index is 0.0455. The summed E-state index contributed by atoms with van der Waals surface area (Å²) in [6.45, 7) is 14.5. The first-order valence-corrected chi connectivity index (χ1v) is 10.2. The Morgan fingerprint density at radius 1 is 0.833 bits per heavy atom. The van der Waals surface area contributed by atoms with Gasteiger partial charge < -0.3 is 34.7 Å². The van der Waals surface area contributed by atoms with Crippen LogP contribution in [0.5, 0.6) is 0 Å². The topological polar surface area (TPSA) is 115 Å². The van der Waals surface area contributed by atoms with Crippen molar-refractivity contribution in [2.45, 2.75) is 26.7 Å². The van der Waals surface area contributed by atoms with E-state index in [1.807, 2.05) is 13.8 Å². The van der Waals surface area contributed by atoms with Gasteiger partial charge in [-0.2, -0.15) is 0 Å². The van der Waals surface area contributed by atoms with Gasteiger partial charge in [-0.3, -0.25) is 9.59 Å². The molecule has 0 radical (unpaired) electrons. The van der Waals surface area contributed by atoms with E-state index in [-0.39, 0.29) is 36.7 Å². The van der Waals surface area contributed by atoms with Crippen molar-refractivity contribution in [3.63, 3.8) is 0 Å². The van der Waals surface area contributed by atoms with Gasteiger partial charge in [-0.15, -0.1) is 0 Å². The first kappa shape index (κ1) is 28.1. The molecule has 0 aliphatic carbocycles. The lowest BCUT2D eigenvalue weighted by atomic mass is 10.0. The molecule has 9 nitrogen and oxygen atoms in total. The molecule has 9 heteroatoms. The number of carbonyl (C=O) groups excluding carboxylic acids is 2. The van der Waals surface area contributed by atoms with Crippen molar-refractivity contribution in [1.82, 2.24) is 10.6 Å². The fourth-order valence-corrected chi connectivity index (χ4v) is 2.03. The quantitative estimate of drug-likeness (QED) is 0.152. The maximum absolute atomic E-state index is 11.6. The van der Waals surface area contributed by atoms with E-state index >= 15 is 0 Å². The zero-order valence-corrected chi connectivity index (χ0v) is 18.4. The number of hydrogen-bond acceptors (Lipinski definition) is 7. The molecule has 0 aliphatic rings. The molecule has 3 N–H and O–H groups in total. The Balaban J connectivity index is 3.36. The fraction of sp³-hybridized carbons (Fsp3) is 0.714. The summed E-state index contributed by atoms with van der Waals surface area (Å²) in [5.74, 6) is -0.319. The summed E-state index contributed by atoms with van der Waals surface area (Å²) in [6.07, 6.45) is 0.876. The minimum Gasteiger partial charge on any atom is -0.513 e. The molecular formula is C21H38N2O7. The van der Waals surface area contributed by atoms with Crippen LogP contribution in [0.25, 0.3) is 0 Å². The molecule has 0 aliphatic heterocycles. The van der Waals surface area contributed by atoms with Crippen LogP contribution < -0.4 is 10.6 Å². The van der Waals surface area contributed by atoms with Crippen LogP contribution in [0.2, 0.25) is 0 Å². The van der Waals surface area contributed by atoms with Gasteiger partial charge in [-0.1, -0.05) is 25.7 Å². The van der Waals surface area contributed by atoms with Crippen LogP contribution in [0.4, 0.5) is 0 Å². The highest BCUT2D eigenvalue weighted by atomic mass is 16.5. The largest absolute Gasteiger partial charge is 0.513 e. The van der Waals surface area contributed by atoms with Gasteiger partial charge in [-0.05, 0) is 13.3 Å². The number of hydrogen-bond donors (Lipinski definition) is 3. The molecule has 0 aromatic rings. The van der Waals surface area contributed by atoms with Gasteiger partial charge in [0.2, 0.25) is 11.8 Å². The molecule has 2 amide bonds. The second-order valence-electron chi connectivity index (χ2n) is 6.92. The number of carbonyl (C=O) groups is 2. The predicted octanol–water partition coefficient (Wildman–Crippen LogP) is 1.35. The average molecular weight is 431 g/mol. The van der Waals surface area contributed by atoms with E-state index in [4.69, 9.17) is 18.9 Å². The Labute approximate surface area is 179 Å². The summed E-state index contributed by atoms with van der Waals surface area (Å²) in [6, 6.07) is 0. The van der Waals surface area contributed by atoms with Crippen LogP contribution in [-0.2, 0) is 28.5 Å². The van der Waals surface area contributed by atoms with E-state index < -0.39 is 0 Å². The lowest BCUT2D eigenvalue weighted by Crippen LogP contribution is -2.31. The molecular weight excluding hydrogens is 392 g/mol. The molecule has 174 valence electrons. The second kappa shape index (κ2) is 19.0. The zero-order chi connectivity index (χ0) is 22.6. The highest BCUT2D eigenvalue weighted by Crippen LogP contribution is 2.11. The van der Waals surface area contributed by atoms with E-state index in [2.05, 4.69) is 23.8 Å².